The molecule has 1 aliphatic heterocycles. The van der Waals surface area contributed by atoms with Crippen molar-refractivity contribution in [3.63, 3.8) is 0 Å². The Balaban J connectivity index is 2.49. The molecule has 0 N–H and O–H groups in total. The predicted octanol–water partition coefficient (Wildman–Crippen LogP) is 2.35. The second-order valence-electron chi connectivity index (χ2n) is 4.36. The number of rotatable bonds is 4. The Bertz CT molecular complexity index is 329. The lowest BCUT2D eigenvalue weighted by atomic mass is 9.95. The highest BCUT2D eigenvalue weighted by Gasteiger charge is 2.38. The van der Waals surface area contributed by atoms with Crippen molar-refractivity contribution in [1.82, 2.24) is 0 Å². The van der Waals surface area contributed by atoms with Crippen LogP contribution in [-0.2, 0) is 27.2 Å². The Kier molecular flexibility index (Phi) is 4.39. The Morgan fingerprint density at radius 2 is 1.94 bits per heavy atom. The summed E-state index contributed by atoms with van der Waals surface area (Å²) in [4.78, 5) is 0. The second-order valence-corrected chi connectivity index (χ2v) is 8.58. The van der Waals surface area contributed by atoms with Crippen molar-refractivity contribution in [2.75, 3.05) is 40.3 Å². The third kappa shape index (κ3) is 4.28. The van der Waals surface area contributed by atoms with Crippen LogP contribution in [0.25, 0.3) is 0 Å². The summed E-state index contributed by atoms with van der Waals surface area (Å²) < 4.78 is 43.0. The molecule has 96 valence electrons. The van der Waals surface area contributed by atoms with Crippen LogP contribution in [0.4, 0.5) is 0 Å². The van der Waals surface area contributed by atoms with E-state index in [2.05, 4.69) is 0 Å². The molecule has 1 aliphatic rings. The van der Waals surface area contributed by atoms with E-state index in [0.717, 1.165) is 0 Å². The fraction of sp³-hybridized carbons (Fsp3) is 1.00. The number of hydrogen-bond acceptors (Lipinski definition) is 6. The Morgan fingerprint density at radius 3 is 2.38 bits per heavy atom. The SMILES string of the molecule is COP(C)(=O)OCC1(C)COP(C)(=O)OC1. The van der Waals surface area contributed by atoms with E-state index in [9.17, 15) is 9.13 Å². The van der Waals surface area contributed by atoms with Crippen LogP contribution in [0.5, 0.6) is 0 Å². The summed E-state index contributed by atoms with van der Waals surface area (Å²) in [6, 6.07) is 0. The lowest BCUT2D eigenvalue weighted by molar-refractivity contribution is -0.00216. The van der Waals surface area contributed by atoms with Gasteiger partial charge >= 0.3 is 15.2 Å². The molecule has 6 nitrogen and oxygen atoms in total. The molecule has 0 aliphatic carbocycles. The molecule has 16 heavy (non-hydrogen) atoms. The van der Waals surface area contributed by atoms with E-state index in [-0.39, 0.29) is 19.8 Å². The second kappa shape index (κ2) is 4.89. The molecule has 0 bridgehead atoms. The zero-order valence-electron chi connectivity index (χ0n) is 9.97. The van der Waals surface area contributed by atoms with E-state index in [1.165, 1.54) is 20.4 Å². The van der Waals surface area contributed by atoms with Crippen LogP contribution in [0.15, 0.2) is 0 Å². The maximum Gasteiger partial charge on any atom is 0.327 e. The van der Waals surface area contributed by atoms with Crippen molar-refractivity contribution in [3.05, 3.63) is 0 Å². The molecule has 0 radical (unpaired) electrons. The van der Waals surface area contributed by atoms with Gasteiger partial charge in [-0.25, -0.2) is 0 Å². The summed E-state index contributed by atoms with van der Waals surface area (Å²) in [5, 5.41) is 0. The molecule has 0 saturated carbocycles. The molecule has 0 spiro atoms. The molecule has 1 rings (SSSR count). The first kappa shape index (κ1) is 14.4. The smallest absolute Gasteiger partial charge is 0.312 e. The van der Waals surface area contributed by atoms with Crippen LogP contribution in [0.2, 0.25) is 0 Å². The summed E-state index contributed by atoms with van der Waals surface area (Å²) in [5.41, 5.74) is -0.450. The van der Waals surface area contributed by atoms with Crippen LogP contribution in [0, 0.1) is 5.41 Å². The summed E-state index contributed by atoms with van der Waals surface area (Å²) >= 11 is 0. The van der Waals surface area contributed by atoms with Gasteiger partial charge in [-0.05, 0) is 0 Å². The average molecular weight is 272 g/mol. The standard InChI is InChI=1S/C8H18O6P2/c1-8(5-12-15(3,9)11-2)6-13-16(4,10)14-7-8/h5-7H2,1-4H3. The molecule has 1 atom stereocenters. The third-order valence-electron chi connectivity index (χ3n) is 2.27. The molecule has 0 aromatic heterocycles. The van der Waals surface area contributed by atoms with Gasteiger partial charge in [0.15, 0.2) is 0 Å². The van der Waals surface area contributed by atoms with E-state index in [1.54, 1.807) is 0 Å². The quantitative estimate of drug-likeness (QED) is 0.731. The van der Waals surface area contributed by atoms with Crippen molar-refractivity contribution in [3.8, 4) is 0 Å². The molecule has 1 heterocycles. The fourth-order valence-corrected chi connectivity index (χ4v) is 2.85. The molecule has 1 unspecified atom stereocenters. The molecular weight excluding hydrogens is 254 g/mol. The van der Waals surface area contributed by atoms with Crippen LogP contribution in [0.3, 0.4) is 0 Å². The Morgan fingerprint density at radius 1 is 1.44 bits per heavy atom. The summed E-state index contributed by atoms with van der Waals surface area (Å²) in [5.74, 6) is 0. The van der Waals surface area contributed by atoms with Crippen molar-refractivity contribution >= 4 is 15.2 Å². The lowest BCUT2D eigenvalue weighted by Crippen LogP contribution is -2.36. The number of hydrogen-bond donors (Lipinski definition) is 0. The van der Waals surface area contributed by atoms with Gasteiger partial charge in [0.05, 0.1) is 19.8 Å². The molecule has 8 heteroatoms. The van der Waals surface area contributed by atoms with E-state index >= 15 is 0 Å². The summed E-state index contributed by atoms with van der Waals surface area (Å²) in [6.07, 6.45) is 0. The fourth-order valence-electron chi connectivity index (χ4n) is 1.03. The zero-order chi connectivity index (χ0) is 12.4. The van der Waals surface area contributed by atoms with Gasteiger partial charge in [-0.3, -0.25) is 9.13 Å². The first-order valence-electron chi connectivity index (χ1n) is 4.82. The Labute approximate surface area is 95.7 Å². The van der Waals surface area contributed by atoms with Gasteiger partial charge in [0.1, 0.15) is 0 Å². The lowest BCUT2D eigenvalue weighted by Gasteiger charge is -2.35. The topological polar surface area (TPSA) is 71.1 Å². The molecule has 1 fully saturated rings. The average Bonchev–Trinajstić information content (AvgIpc) is 2.21. The zero-order valence-corrected chi connectivity index (χ0v) is 11.8. The normalized spacial score (nSPS) is 39.2. The maximum absolute atomic E-state index is 11.5. The maximum atomic E-state index is 11.5. The monoisotopic (exact) mass is 272 g/mol. The van der Waals surface area contributed by atoms with Crippen LogP contribution >= 0.6 is 15.2 Å². The summed E-state index contributed by atoms with van der Waals surface area (Å²) in [6.45, 7) is 5.35. The van der Waals surface area contributed by atoms with Gasteiger partial charge in [-0.1, -0.05) is 6.92 Å². The first-order valence-corrected chi connectivity index (χ1v) is 8.80. The third-order valence-corrected chi connectivity index (χ3v) is 4.73. The molecule has 0 aromatic carbocycles. The van der Waals surface area contributed by atoms with E-state index in [0.29, 0.717) is 0 Å². The van der Waals surface area contributed by atoms with Crippen LogP contribution in [-0.4, -0.2) is 40.3 Å². The van der Waals surface area contributed by atoms with Gasteiger partial charge in [-0.2, -0.15) is 0 Å². The molecule has 1 saturated heterocycles. The first-order chi connectivity index (χ1) is 7.18. The molecule has 0 aromatic rings. The van der Waals surface area contributed by atoms with Gasteiger partial charge in [0, 0.05) is 25.9 Å². The predicted molar refractivity (Wildman–Crippen MR) is 60.0 cm³/mol. The molecular formula is C8H18O6P2. The highest BCUT2D eigenvalue weighted by atomic mass is 31.2. The van der Waals surface area contributed by atoms with Gasteiger partial charge in [0.2, 0.25) is 0 Å². The minimum atomic E-state index is -3.00. The van der Waals surface area contributed by atoms with Crippen LogP contribution in [0.1, 0.15) is 6.92 Å². The highest BCUT2D eigenvalue weighted by Crippen LogP contribution is 2.51. The van der Waals surface area contributed by atoms with Crippen molar-refractivity contribution in [2.45, 2.75) is 6.92 Å². The van der Waals surface area contributed by atoms with E-state index in [4.69, 9.17) is 18.1 Å². The Hall–Kier alpha value is 0.300. The minimum Gasteiger partial charge on any atom is -0.312 e. The van der Waals surface area contributed by atoms with Crippen molar-refractivity contribution in [2.24, 2.45) is 5.41 Å². The van der Waals surface area contributed by atoms with Crippen molar-refractivity contribution in [1.29, 1.82) is 0 Å². The largest absolute Gasteiger partial charge is 0.327 e. The van der Waals surface area contributed by atoms with Crippen LogP contribution < -0.4 is 0 Å². The minimum absolute atomic E-state index is 0.175. The molecule has 0 amide bonds. The van der Waals surface area contributed by atoms with E-state index in [1.807, 2.05) is 6.92 Å². The van der Waals surface area contributed by atoms with Gasteiger partial charge < -0.3 is 18.1 Å². The summed E-state index contributed by atoms with van der Waals surface area (Å²) in [7, 11) is -4.56. The van der Waals surface area contributed by atoms with Crippen molar-refractivity contribution < 1.29 is 27.2 Å². The highest BCUT2D eigenvalue weighted by molar-refractivity contribution is 7.53. The van der Waals surface area contributed by atoms with E-state index < -0.39 is 20.6 Å². The van der Waals surface area contributed by atoms with Gasteiger partial charge in [0.25, 0.3) is 0 Å². The van der Waals surface area contributed by atoms with Gasteiger partial charge in [-0.15, -0.1) is 0 Å².